The van der Waals surface area contributed by atoms with Crippen LogP contribution < -0.4 is 4.90 Å². The maximum atomic E-state index is 13.4. The molecule has 0 bridgehead atoms. The number of benzene rings is 3. The molecule has 0 atom stereocenters. The minimum Gasteiger partial charge on any atom is -0.314 e. The van der Waals surface area contributed by atoms with Gasteiger partial charge in [-0.25, -0.2) is 8.42 Å². The van der Waals surface area contributed by atoms with Crippen molar-refractivity contribution in [1.29, 1.82) is 0 Å². The minimum absolute atomic E-state index is 0.0380. The molecule has 3 aromatic rings. The molecular weight excluding hydrogens is 523 g/mol. The fraction of sp³-hybridized carbons (Fsp3) is 0.136. The lowest BCUT2D eigenvalue weighted by Gasteiger charge is -2.25. The summed E-state index contributed by atoms with van der Waals surface area (Å²) >= 11 is 15.4. The number of likely N-dealkylation sites (N-methyl/N-ethyl adjacent to an activating group) is 1. The zero-order chi connectivity index (χ0) is 22.6. The van der Waals surface area contributed by atoms with Crippen molar-refractivity contribution < 1.29 is 13.2 Å². The van der Waals surface area contributed by atoms with Crippen molar-refractivity contribution in [3.63, 3.8) is 0 Å². The third-order valence-electron chi connectivity index (χ3n) is 4.62. The van der Waals surface area contributed by atoms with Crippen molar-refractivity contribution in [1.82, 2.24) is 4.31 Å². The highest BCUT2D eigenvalue weighted by atomic mass is 79.9. The summed E-state index contributed by atoms with van der Waals surface area (Å²) in [4.78, 5) is 14.5. The average molecular weight is 542 g/mol. The number of carbonyl (C=O) groups excluding carboxylic acids is 1. The molecule has 3 aromatic carbocycles. The quantitative estimate of drug-likeness (QED) is 0.390. The van der Waals surface area contributed by atoms with Crippen molar-refractivity contribution in [2.24, 2.45) is 0 Å². The second kappa shape index (κ2) is 10.1. The highest BCUT2D eigenvalue weighted by Crippen LogP contribution is 2.26. The number of anilines is 1. The number of hydrogen-bond acceptors (Lipinski definition) is 3. The van der Waals surface area contributed by atoms with Crippen LogP contribution in [0.1, 0.15) is 5.56 Å². The summed E-state index contributed by atoms with van der Waals surface area (Å²) in [6, 6.07) is 20.2. The predicted octanol–water partition coefficient (Wildman–Crippen LogP) is 5.61. The van der Waals surface area contributed by atoms with Gasteiger partial charge in [0.05, 0.1) is 21.5 Å². The average Bonchev–Trinajstić information content (AvgIpc) is 2.76. The van der Waals surface area contributed by atoms with Crippen LogP contribution in [-0.2, 0) is 21.4 Å². The van der Waals surface area contributed by atoms with Gasteiger partial charge in [0, 0.05) is 23.8 Å². The van der Waals surface area contributed by atoms with Gasteiger partial charge < -0.3 is 4.90 Å². The molecule has 0 aliphatic heterocycles. The van der Waals surface area contributed by atoms with E-state index in [0.29, 0.717) is 21.3 Å². The standard InChI is InChI=1S/C22H19BrCl2N2O3S/c1-26(18-5-3-2-4-6-18)22(28)15-27(14-16-7-12-20(24)21(25)13-16)31(29,30)19-10-8-17(23)9-11-19/h2-13H,14-15H2,1H3. The summed E-state index contributed by atoms with van der Waals surface area (Å²) in [5, 5.41) is 0.681. The number of halogens is 3. The first-order valence-corrected chi connectivity index (χ1v) is 12.2. The molecule has 1 amide bonds. The van der Waals surface area contributed by atoms with Gasteiger partial charge in [-0.1, -0.05) is 63.4 Å². The van der Waals surface area contributed by atoms with E-state index in [1.165, 1.54) is 17.0 Å². The van der Waals surface area contributed by atoms with Crippen molar-refractivity contribution in [2.75, 3.05) is 18.5 Å². The minimum atomic E-state index is -3.96. The van der Waals surface area contributed by atoms with Crippen LogP contribution in [0.4, 0.5) is 5.69 Å². The Bertz CT molecular complexity index is 1170. The summed E-state index contributed by atoms with van der Waals surface area (Å²) in [5.41, 5.74) is 1.29. The van der Waals surface area contributed by atoms with Crippen LogP contribution in [0.5, 0.6) is 0 Å². The second-order valence-corrected chi connectivity index (χ2v) is 10.4. The summed E-state index contributed by atoms with van der Waals surface area (Å²) < 4.78 is 28.6. The van der Waals surface area contributed by atoms with Gasteiger partial charge in [0.15, 0.2) is 0 Å². The van der Waals surface area contributed by atoms with E-state index >= 15 is 0 Å². The first-order valence-electron chi connectivity index (χ1n) is 9.20. The van der Waals surface area contributed by atoms with Crippen LogP contribution in [0, 0.1) is 0 Å². The van der Waals surface area contributed by atoms with Crippen LogP contribution in [0.15, 0.2) is 82.2 Å². The second-order valence-electron chi connectivity index (χ2n) is 6.76. The van der Waals surface area contributed by atoms with Gasteiger partial charge in [-0.3, -0.25) is 4.79 Å². The molecular formula is C22H19BrCl2N2O3S. The van der Waals surface area contributed by atoms with Crippen molar-refractivity contribution in [3.8, 4) is 0 Å². The van der Waals surface area contributed by atoms with Gasteiger partial charge in [-0.15, -0.1) is 0 Å². The molecule has 5 nitrogen and oxygen atoms in total. The lowest BCUT2D eigenvalue weighted by Crippen LogP contribution is -2.41. The van der Waals surface area contributed by atoms with E-state index in [2.05, 4.69) is 15.9 Å². The number of rotatable bonds is 7. The lowest BCUT2D eigenvalue weighted by molar-refractivity contribution is -0.118. The summed E-state index contributed by atoms with van der Waals surface area (Å²) in [6.45, 7) is -0.381. The first kappa shape index (κ1) is 23.8. The van der Waals surface area contributed by atoms with Crippen molar-refractivity contribution in [3.05, 3.63) is 92.9 Å². The SMILES string of the molecule is CN(C(=O)CN(Cc1ccc(Cl)c(Cl)c1)S(=O)(=O)c1ccc(Br)cc1)c1ccccc1. The number of sulfonamides is 1. The molecule has 0 N–H and O–H groups in total. The van der Waals surface area contributed by atoms with Crippen LogP contribution in [0.25, 0.3) is 0 Å². The van der Waals surface area contributed by atoms with E-state index in [9.17, 15) is 13.2 Å². The Balaban J connectivity index is 1.94. The molecule has 3 rings (SSSR count). The van der Waals surface area contributed by atoms with E-state index < -0.39 is 10.0 Å². The number of carbonyl (C=O) groups is 1. The number of amides is 1. The molecule has 0 aromatic heterocycles. The highest BCUT2D eigenvalue weighted by molar-refractivity contribution is 9.10. The molecule has 0 aliphatic rings. The molecule has 31 heavy (non-hydrogen) atoms. The Kier molecular flexibility index (Phi) is 7.78. The van der Waals surface area contributed by atoms with E-state index in [1.807, 2.05) is 18.2 Å². The summed E-state index contributed by atoms with van der Waals surface area (Å²) in [7, 11) is -2.35. The number of nitrogens with zero attached hydrogens (tertiary/aromatic N) is 2. The zero-order valence-corrected chi connectivity index (χ0v) is 20.4. The molecule has 162 valence electrons. The zero-order valence-electron chi connectivity index (χ0n) is 16.5. The fourth-order valence-corrected chi connectivity index (χ4v) is 4.84. The molecule has 0 aliphatic carbocycles. The van der Waals surface area contributed by atoms with Crippen LogP contribution in [-0.4, -0.2) is 32.2 Å². The van der Waals surface area contributed by atoms with Gasteiger partial charge in [-0.05, 0) is 54.1 Å². The van der Waals surface area contributed by atoms with Gasteiger partial charge in [0.1, 0.15) is 0 Å². The van der Waals surface area contributed by atoms with E-state index in [4.69, 9.17) is 23.2 Å². The Labute approximate surface area is 200 Å². The van der Waals surface area contributed by atoms with Gasteiger partial charge in [-0.2, -0.15) is 4.31 Å². The Morgan fingerprint density at radius 3 is 2.19 bits per heavy atom. The monoisotopic (exact) mass is 540 g/mol. The Hall–Kier alpha value is -1.90. The lowest BCUT2D eigenvalue weighted by atomic mass is 10.2. The maximum absolute atomic E-state index is 13.4. The largest absolute Gasteiger partial charge is 0.314 e. The molecule has 9 heteroatoms. The third-order valence-corrected chi connectivity index (χ3v) is 7.70. The smallest absolute Gasteiger partial charge is 0.243 e. The first-order chi connectivity index (χ1) is 14.7. The molecule has 0 saturated heterocycles. The van der Waals surface area contributed by atoms with Crippen molar-refractivity contribution >= 4 is 60.7 Å². The van der Waals surface area contributed by atoms with E-state index in [1.54, 1.807) is 49.5 Å². The maximum Gasteiger partial charge on any atom is 0.243 e. The van der Waals surface area contributed by atoms with E-state index in [0.717, 1.165) is 8.78 Å². The molecule has 0 heterocycles. The van der Waals surface area contributed by atoms with Gasteiger partial charge >= 0.3 is 0 Å². The third kappa shape index (κ3) is 5.87. The van der Waals surface area contributed by atoms with Crippen LogP contribution >= 0.6 is 39.1 Å². The normalized spacial score (nSPS) is 11.5. The Morgan fingerprint density at radius 1 is 0.935 bits per heavy atom. The van der Waals surface area contributed by atoms with Gasteiger partial charge in [0.25, 0.3) is 0 Å². The van der Waals surface area contributed by atoms with Gasteiger partial charge in [0.2, 0.25) is 15.9 Å². The predicted molar refractivity (Wildman–Crippen MR) is 128 cm³/mol. The Morgan fingerprint density at radius 2 is 1.58 bits per heavy atom. The van der Waals surface area contributed by atoms with Crippen LogP contribution in [0.2, 0.25) is 10.0 Å². The van der Waals surface area contributed by atoms with E-state index in [-0.39, 0.29) is 23.9 Å². The number of hydrogen-bond donors (Lipinski definition) is 0. The molecule has 0 fully saturated rings. The van der Waals surface area contributed by atoms with Crippen LogP contribution in [0.3, 0.4) is 0 Å². The number of para-hydroxylation sites is 1. The highest BCUT2D eigenvalue weighted by Gasteiger charge is 2.28. The molecule has 0 saturated carbocycles. The summed E-state index contributed by atoms with van der Waals surface area (Å²) in [5.74, 6) is -0.369. The molecule has 0 radical (unpaired) electrons. The summed E-state index contributed by atoms with van der Waals surface area (Å²) in [6.07, 6.45) is 0. The fourth-order valence-electron chi connectivity index (χ4n) is 2.88. The molecule has 0 unspecified atom stereocenters. The molecule has 0 spiro atoms. The van der Waals surface area contributed by atoms with Crippen molar-refractivity contribution in [2.45, 2.75) is 11.4 Å². The topological polar surface area (TPSA) is 57.7 Å².